The van der Waals surface area contributed by atoms with E-state index in [2.05, 4.69) is 25.8 Å². The second-order valence-corrected chi connectivity index (χ2v) is 7.01. The first-order chi connectivity index (χ1) is 7.46. The van der Waals surface area contributed by atoms with Gasteiger partial charge in [-0.2, -0.15) is 0 Å². The molecule has 94 valence electrons. The third kappa shape index (κ3) is 2.78. The smallest absolute Gasteiger partial charge is 0.00928 e. The first-order valence-corrected chi connectivity index (χ1v) is 6.87. The molecule has 2 heteroatoms. The van der Waals surface area contributed by atoms with Gasteiger partial charge < -0.3 is 10.6 Å². The minimum atomic E-state index is 0.502. The van der Waals surface area contributed by atoms with E-state index >= 15 is 0 Å². The van der Waals surface area contributed by atoms with Gasteiger partial charge in [-0.15, -0.1) is 0 Å². The lowest BCUT2D eigenvalue weighted by Gasteiger charge is -2.39. The van der Waals surface area contributed by atoms with E-state index < -0.39 is 0 Å². The predicted octanol–water partition coefficient (Wildman–Crippen LogP) is 2.63. The Hall–Kier alpha value is -0.0800. The number of nitrogens with zero attached hydrogens (tertiary/aromatic N) is 1. The van der Waals surface area contributed by atoms with E-state index in [1.54, 1.807) is 0 Å². The maximum atomic E-state index is 5.86. The fourth-order valence-corrected chi connectivity index (χ4v) is 3.09. The molecule has 2 nitrogen and oxygen atoms in total. The molecular weight excluding hydrogens is 196 g/mol. The predicted molar refractivity (Wildman–Crippen MR) is 69.4 cm³/mol. The molecule has 16 heavy (non-hydrogen) atoms. The van der Waals surface area contributed by atoms with Crippen molar-refractivity contribution in [3.8, 4) is 0 Å². The van der Waals surface area contributed by atoms with E-state index in [0.717, 1.165) is 12.6 Å². The molecule has 0 radical (unpaired) electrons. The summed E-state index contributed by atoms with van der Waals surface area (Å²) < 4.78 is 0. The summed E-state index contributed by atoms with van der Waals surface area (Å²) in [5.74, 6) is 0. The van der Waals surface area contributed by atoms with Crippen LogP contribution in [0.15, 0.2) is 0 Å². The number of nitrogens with two attached hydrogens (primary N) is 1. The molecule has 2 aliphatic rings. The van der Waals surface area contributed by atoms with Crippen molar-refractivity contribution in [1.29, 1.82) is 0 Å². The lowest BCUT2D eigenvalue weighted by Crippen LogP contribution is -2.41. The van der Waals surface area contributed by atoms with Crippen molar-refractivity contribution in [3.63, 3.8) is 0 Å². The summed E-state index contributed by atoms with van der Waals surface area (Å²) >= 11 is 0. The summed E-state index contributed by atoms with van der Waals surface area (Å²) in [6.07, 6.45) is 8.24. The Morgan fingerprint density at radius 2 is 1.69 bits per heavy atom. The zero-order valence-corrected chi connectivity index (χ0v) is 11.3. The van der Waals surface area contributed by atoms with Crippen LogP contribution in [0.5, 0.6) is 0 Å². The van der Waals surface area contributed by atoms with Crippen LogP contribution in [0.1, 0.15) is 52.4 Å². The minimum absolute atomic E-state index is 0.502. The Morgan fingerprint density at radius 1 is 1.12 bits per heavy atom. The molecule has 0 saturated heterocycles. The van der Waals surface area contributed by atoms with Crippen LogP contribution in [0.25, 0.3) is 0 Å². The molecule has 0 aromatic carbocycles. The monoisotopic (exact) mass is 224 g/mol. The fraction of sp³-hybridized carbons (Fsp3) is 1.00. The van der Waals surface area contributed by atoms with Crippen LogP contribution in [0.4, 0.5) is 0 Å². The van der Waals surface area contributed by atoms with Gasteiger partial charge in [0.25, 0.3) is 0 Å². The molecule has 0 spiro atoms. The van der Waals surface area contributed by atoms with E-state index in [0.29, 0.717) is 10.8 Å². The summed E-state index contributed by atoms with van der Waals surface area (Å²) in [4.78, 5) is 2.59. The molecule has 2 rings (SSSR count). The van der Waals surface area contributed by atoms with Crippen LogP contribution < -0.4 is 5.73 Å². The molecule has 0 amide bonds. The Labute approximate surface area is 101 Å². The molecule has 2 saturated carbocycles. The second kappa shape index (κ2) is 4.30. The van der Waals surface area contributed by atoms with Crippen molar-refractivity contribution in [1.82, 2.24) is 4.90 Å². The van der Waals surface area contributed by atoms with E-state index in [-0.39, 0.29) is 0 Å². The molecule has 0 atom stereocenters. The Balaban J connectivity index is 1.80. The highest BCUT2D eigenvalue weighted by Crippen LogP contribution is 2.46. The van der Waals surface area contributed by atoms with E-state index in [4.69, 9.17) is 5.73 Å². The quantitative estimate of drug-likeness (QED) is 0.795. The topological polar surface area (TPSA) is 29.3 Å². The van der Waals surface area contributed by atoms with Gasteiger partial charge in [-0.05, 0) is 62.9 Å². The Kier molecular flexibility index (Phi) is 3.33. The van der Waals surface area contributed by atoms with Crippen molar-refractivity contribution in [2.45, 2.75) is 58.4 Å². The van der Waals surface area contributed by atoms with Crippen molar-refractivity contribution >= 4 is 0 Å². The molecule has 2 fully saturated rings. The third-order valence-electron chi connectivity index (χ3n) is 4.91. The summed E-state index contributed by atoms with van der Waals surface area (Å²) in [6, 6.07) is 0.817. The molecule has 0 bridgehead atoms. The van der Waals surface area contributed by atoms with Crippen molar-refractivity contribution in [2.24, 2.45) is 16.6 Å². The molecule has 2 aliphatic carbocycles. The van der Waals surface area contributed by atoms with Gasteiger partial charge in [-0.1, -0.05) is 13.8 Å². The van der Waals surface area contributed by atoms with Crippen molar-refractivity contribution < 1.29 is 0 Å². The van der Waals surface area contributed by atoms with Gasteiger partial charge in [0.2, 0.25) is 0 Å². The van der Waals surface area contributed by atoms with Gasteiger partial charge in [0.05, 0.1) is 0 Å². The van der Waals surface area contributed by atoms with Crippen molar-refractivity contribution in [3.05, 3.63) is 0 Å². The average Bonchev–Trinajstić information content (AvgIpc) is 2.98. The zero-order valence-electron chi connectivity index (χ0n) is 11.3. The van der Waals surface area contributed by atoms with Gasteiger partial charge in [-0.3, -0.25) is 0 Å². The van der Waals surface area contributed by atoms with E-state index in [1.165, 1.54) is 45.1 Å². The van der Waals surface area contributed by atoms with Gasteiger partial charge in [0, 0.05) is 12.6 Å². The third-order valence-corrected chi connectivity index (χ3v) is 4.91. The van der Waals surface area contributed by atoms with Crippen molar-refractivity contribution in [2.75, 3.05) is 20.1 Å². The highest BCUT2D eigenvalue weighted by molar-refractivity contribution is 4.97. The van der Waals surface area contributed by atoms with Crippen LogP contribution in [0.2, 0.25) is 0 Å². The van der Waals surface area contributed by atoms with Gasteiger partial charge in [0.15, 0.2) is 0 Å². The Morgan fingerprint density at radius 3 is 2.12 bits per heavy atom. The summed E-state index contributed by atoms with van der Waals surface area (Å²) in [5.41, 5.74) is 6.95. The van der Waals surface area contributed by atoms with E-state index in [1.807, 2.05) is 0 Å². The number of hydrogen-bond donors (Lipinski definition) is 1. The summed E-state index contributed by atoms with van der Waals surface area (Å²) in [7, 11) is 2.30. The molecule has 2 N–H and O–H groups in total. The molecule has 0 aliphatic heterocycles. The lowest BCUT2D eigenvalue weighted by atomic mass is 9.75. The van der Waals surface area contributed by atoms with Crippen LogP contribution in [-0.4, -0.2) is 31.1 Å². The van der Waals surface area contributed by atoms with Gasteiger partial charge in [-0.25, -0.2) is 0 Å². The normalized spacial score (nSPS) is 28.3. The fourth-order valence-electron chi connectivity index (χ4n) is 3.09. The van der Waals surface area contributed by atoms with Crippen LogP contribution in [0, 0.1) is 10.8 Å². The largest absolute Gasteiger partial charge is 0.330 e. The van der Waals surface area contributed by atoms with Crippen LogP contribution >= 0.6 is 0 Å². The summed E-state index contributed by atoms with van der Waals surface area (Å²) in [6.45, 7) is 6.93. The SMILES string of the molecule is CN(CC1(CN)CC1)C1CCC(C)(C)CC1. The number of hydrogen-bond acceptors (Lipinski definition) is 2. The number of rotatable bonds is 4. The maximum absolute atomic E-state index is 5.86. The average molecular weight is 224 g/mol. The zero-order chi connectivity index (χ0) is 11.8. The highest BCUT2D eigenvalue weighted by atomic mass is 15.1. The lowest BCUT2D eigenvalue weighted by molar-refractivity contribution is 0.111. The first kappa shape index (κ1) is 12.4. The molecular formula is C14H28N2. The molecule has 0 heterocycles. The standard InChI is InChI=1S/C14H28N2/c1-13(2)6-4-12(5-7-13)16(3)11-14(10-15)8-9-14/h12H,4-11,15H2,1-3H3. The highest BCUT2D eigenvalue weighted by Gasteiger charge is 2.43. The minimum Gasteiger partial charge on any atom is -0.330 e. The summed E-state index contributed by atoms with van der Waals surface area (Å²) in [5, 5.41) is 0. The molecule has 0 aromatic rings. The van der Waals surface area contributed by atoms with Crippen LogP contribution in [-0.2, 0) is 0 Å². The first-order valence-electron chi connectivity index (χ1n) is 6.87. The maximum Gasteiger partial charge on any atom is 0.00928 e. The van der Waals surface area contributed by atoms with Gasteiger partial charge >= 0.3 is 0 Å². The molecule has 0 unspecified atom stereocenters. The molecule has 0 aromatic heterocycles. The van der Waals surface area contributed by atoms with Crippen LogP contribution in [0.3, 0.4) is 0 Å². The Bertz CT molecular complexity index is 233. The second-order valence-electron chi connectivity index (χ2n) is 7.01. The van der Waals surface area contributed by atoms with Gasteiger partial charge in [0.1, 0.15) is 0 Å². The van der Waals surface area contributed by atoms with E-state index in [9.17, 15) is 0 Å².